The van der Waals surface area contributed by atoms with Gasteiger partial charge in [0.2, 0.25) is 0 Å². The summed E-state index contributed by atoms with van der Waals surface area (Å²) in [5.74, 6) is -0.446. The number of benzene rings is 1. The van der Waals surface area contributed by atoms with Crippen LogP contribution in [0, 0.1) is 0 Å². The minimum atomic E-state index is -0.457. The molecule has 0 aromatic heterocycles. The highest BCUT2D eigenvalue weighted by Gasteiger charge is 2.21. The van der Waals surface area contributed by atoms with E-state index < -0.39 is 5.97 Å². The van der Waals surface area contributed by atoms with Crippen molar-refractivity contribution < 1.29 is 19.4 Å². The molecule has 0 saturated carbocycles. The van der Waals surface area contributed by atoms with Crippen LogP contribution >= 0.6 is 0 Å². The lowest BCUT2D eigenvalue weighted by Crippen LogP contribution is -2.09. The number of carbonyl (C=O) groups is 2. The number of hydrogen-bond donors (Lipinski definition) is 1. The summed E-state index contributed by atoms with van der Waals surface area (Å²) in [6.45, 7) is 10.6. The van der Waals surface area contributed by atoms with Gasteiger partial charge in [-0.2, -0.15) is 0 Å². The Balaban J connectivity index is 3.64. The van der Waals surface area contributed by atoms with Crippen molar-refractivity contribution in [1.29, 1.82) is 0 Å². The van der Waals surface area contributed by atoms with E-state index in [4.69, 9.17) is 4.74 Å². The average molecular weight is 330 g/mol. The van der Waals surface area contributed by atoms with Gasteiger partial charge in [0.25, 0.3) is 0 Å². The molecule has 130 valence electrons. The SMILES string of the molecule is CC(=O)Oc1c(CC=C(C)C)cc(C(C)=O)c(O)c1CC=C(C)C. The number of phenols is 1. The van der Waals surface area contributed by atoms with Gasteiger partial charge in [-0.05, 0) is 59.1 Å². The maximum atomic E-state index is 11.9. The molecule has 0 heterocycles. The molecule has 0 unspecified atom stereocenters. The normalized spacial score (nSPS) is 10.1. The van der Waals surface area contributed by atoms with Crippen molar-refractivity contribution >= 4 is 11.8 Å². The van der Waals surface area contributed by atoms with Crippen molar-refractivity contribution in [1.82, 2.24) is 0 Å². The maximum absolute atomic E-state index is 11.9. The first-order chi connectivity index (χ1) is 11.1. The van der Waals surface area contributed by atoms with E-state index in [1.54, 1.807) is 6.07 Å². The van der Waals surface area contributed by atoms with Crippen molar-refractivity contribution in [3.8, 4) is 11.5 Å². The Bertz CT molecular complexity index is 701. The molecule has 0 saturated heterocycles. The molecule has 1 N–H and O–H groups in total. The minimum Gasteiger partial charge on any atom is -0.507 e. The van der Waals surface area contributed by atoms with E-state index in [0.29, 0.717) is 29.7 Å². The molecule has 0 amide bonds. The Morgan fingerprint density at radius 2 is 1.54 bits per heavy atom. The van der Waals surface area contributed by atoms with E-state index in [2.05, 4.69) is 0 Å². The quantitative estimate of drug-likeness (QED) is 0.360. The van der Waals surface area contributed by atoms with Gasteiger partial charge in [0.05, 0.1) is 5.56 Å². The zero-order valence-electron chi connectivity index (χ0n) is 15.3. The van der Waals surface area contributed by atoms with Gasteiger partial charge in [-0.15, -0.1) is 0 Å². The van der Waals surface area contributed by atoms with E-state index in [0.717, 1.165) is 11.1 Å². The predicted molar refractivity (Wildman–Crippen MR) is 95.7 cm³/mol. The fourth-order valence-electron chi connectivity index (χ4n) is 2.27. The molecule has 0 aliphatic carbocycles. The molecular weight excluding hydrogens is 304 g/mol. The summed E-state index contributed by atoms with van der Waals surface area (Å²) in [5.41, 5.74) is 3.62. The molecule has 4 nitrogen and oxygen atoms in total. The lowest BCUT2D eigenvalue weighted by molar-refractivity contribution is -0.132. The van der Waals surface area contributed by atoms with E-state index in [1.165, 1.54) is 13.8 Å². The Morgan fingerprint density at radius 1 is 1.00 bits per heavy atom. The molecule has 1 aromatic carbocycles. The van der Waals surface area contributed by atoms with Crippen LogP contribution in [0.2, 0.25) is 0 Å². The molecule has 0 bridgehead atoms. The number of phenolic OH excluding ortho intramolecular Hbond substituents is 1. The summed E-state index contributed by atoms with van der Waals surface area (Å²) in [4.78, 5) is 23.4. The van der Waals surface area contributed by atoms with Gasteiger partial charge < -0.3 is 9.84 Å². The van der Waals surface area contributed by atoms with Crippen molar-refractivity contribution in [3.05, 3.63) is 46.1 Å². The first-order valence-corrected chi connectivity index (χ1v) is 7.97. The van der Waals surface area contributed by atoms with Crippen LogP contribution in [0.3, 0.4) is 0 Å². The molecule has 0 aliphatic rings. The Labute approximate surface area is 143 Å². The topological polar surface area (TPSA) is 63.6 Å². The van der Waals surface area contributed by atoms with Crippen LogP contribution in [0.1, 0.15) is 63.0 Å². The number of hydrogen-bond acceptors (Lipinski definition) is 4. The third kappa shape index (κ3) is 5.37. The van der Waals surface area contributed by atoms with E-state index in [9.17, 15) is 14.7 Å². The zero-order valence-corrected chi connectivity index (χ0v) is 15.3. The second-order valence-corrected chi connectivity index (χ2v) is 6.36. The molecule has 0 fully saturated rings. The zero-order chi connectivity index (χ0) is 18.4. The molecule has 0 aliphatic heterocycles. The Hall–Kier alpha value is -2.36. The van der Waals surface area contributed by atoms with Crippen LogP contribution < -0.4 is 4.74 Å². The molecule has 0 atom stereocenters. The van der Waals surface area contributed by atoms with Crippen LogP contribution in [-0.4, -0.2) is 16.9 Å². The van der Waals surface area contributed by atoms with Crippen LogP contribution in [0.4, 0.5) is 0 Å². The number of Topliss-reactive ketones (excluding diaryl/α,β-unsaturated/α-hetero) is 1. The van der Waals surface area contributed by atoms with Crippen molar-refractivity contribution in [2.24, 2.45) is 0 Å². The number of allylic oxidation sites excluding steroid dienone is 4. The highest BCUT2D eigenvalue weighted by atomic mass is 16.5. The number of esters is 1. The molecule has 1 rings (SSSR count). The van der Waals surface area contributed by atoms with Crippen LogP contribution in [0.25, 0.3) is 0 Å². The number of carbonyl (C=O) groups excluding carboxylic acids is 2. The average Bonchev–Trinajstić information content (AvgIpc) is 2.44. The monoisotopic (exact) mass is 330 g/mol. The molecular formula is C20H26O4. The predicted octanol–water partition coefficient (Wildman–Crippen LogP) is 4.54. The maximum Gasteiger partial charge on any atom is 0.308 e. The fraction of sp³-hybridized carbons (Fsp3) is 0.400. The summed E-state index contributed by atoms with van der Waals surface area (Å²) in [5, 5.41) is 10.5. The van der Waals surface area contributed by atoms with Gasteiger partial charge in [0, 0.05) is 12.5 Å². The summed E-state index contributed by atoms with van der Waals surface area (Å²) >= 11 is 0. The van der Waals surface area contributed by atoms with Gasteiger partial charge in [-0.25, -0.2) is 0 Å². The first kappa shape index (κ1) is 19.7. The second-order valence-electron chi connectivity index (χ2n) is 6.36. The van der Waals surface area contributed by atoms with Gasteiger partial charge in [-0.1, -0.05) is 23.3 Å². The summed E-state index contributed by atoms with van der Waals surface area (Å²) in [7, 11) is 0. The first-order valence-electron chi connectivity index (χ1n) is 7.97. The van der Waals surface area contributed by atoms with Crippen LogP contribution in [0.15, 0.2) is 29.4 Å². The molecule has 24 heavy (non-hydrogen) atoms. The fourth-order valence-corrected chi connectivity index (χ4v) is 2.27. The number of rotatable bonds is 6. The molecule has 4 heteroatoms. The summed E-state index contributed by atoms with van der Waals surface area (Å²) in [6.07, 6.45) is 4.83. The van der Waals surface area contributed by atoms with E-state index >= 15 is 0 Å². The second kappa shape index (κ2) is 8.48. The Morgan fingerprint density at radius 3 is 2.00 bits per heavy atom. The lowest BCUT2D eigenvalue weighted by atomic mass is 9.95. The number of ketones is 1. The van der Waals surface area contributed by atoms with Gasteiger partial charge >= 0.3 is 5.97 Å². The standard InChI is InChI=1S/C20H26O4/c1-12(2)7-9-16-11-18(14(5)21)19(23)17(10-8-13(3)4)20(16)24-15(6)22/h7-8,11,23H,9-10H2,1-6H3. The summed E-state index contributed by atoms with van der Waals surface area (Å²) < 4.78 is 5.39. The smallest absolute Gasteiger partial charge is 0.308 e. The third-order valence-electron chi connectivity index (χ3n) is 3.50. The summed E-state index contributed by atoms with van der Waals surface area (Å²) in [6, 6.07) is 1.61. The van der Waals surface area contributed by atoms with Crippen molar-refractivity contribution in [2.45, 2.75) is 54.4 Å². The van der Waals surface area contributed by atoms with Crippen LogP contribution in [-0.2, 0) is 17.6 Å². The van der Waals surface area contributed by atoms with Gasteiger partial charge in [-0.3, -0.25) is 9.59 Å². The van der Waals surface area contributed by atoms with E-state index in [1.807, 2.05) is 39.8 Å². The molecule has 0 radical (unpaired) electrons. The third-order valence-corrected chi connectivity index (χ3v) is 3.50. The number of aromatic hydroxyl groups is 1. The highest BCUT2D eigenvalue weighted by Crippen LogP contribution is 2.37. The molecule has 1 aromatic rings. The van der Waals surface area contributed by atoms with Gasteiger partial charge in [0.15, 0.2) is 5.78 Å². The van der Waals surface area contributed by atoms with Crippen molar-refractivity contribution in [2.75, 3.05) is 0 Å². The van der Waals surface area contributed by atoms with E-state index in [-0.39, 0.29) is 17.1 Å². The highest BCUT2D eigenvalue weighted by molar-refractivity contribution is 5.98. The van der Waals surface area contributed by atoms with Crippen LogP contribution in [0.5, 0.6) is 11.5 Å². The lowest BCUT2D eigenvalue weighted by Gasteiger charge is -2.17. The largest absolute Gasteiger partial charge is 0.507 e. The Kier molecular flexibility index (Phi) is 6.96. The molecule has 0 spiro atoms. The van der Waals surface area contributed by atoms with Crippen molar-refractivity contribution in [3.63, 3.8) is 0 Å². The number of ether oxygens (including phenoxy) is 1. The minimum absolute atomic E-state index is 0.114. The van der Waals surface area contributed by atoms with Gasteiger partial charge in [0.1, 0.15) is 11.5 Å².